The third-order valence-corrected chi connectivity index (χ3v) is 6.12. The molecule has 1 aromatic heterocycles. The van der Waals surface area contributed by atoms with Crippen molar-refractivity contribution >= 4 is 40.2 Å². The molecule has 4 rings (SSSR count). The fourth-order valence-corrected chi connectivity index (χ4v) is 4.20. The molecule has 0 bridgehead atoms. The summed E-state index contributed by atoms with van der Waals surface area (Å²) in [5, 5.41) is 3.45. The number of nitrogens with zero attached hydrogens (tertiary/aromatic N) is 2. The number of hydrogen-bond donors (Lipinski definition) is 1. The highest BCUT2D eigenvalue weighted by Crippen LogP contribution is 2.24. The number of halogens is 2. The number of rotatable bonds is 7. The van der Waals surface area contributed by atoms with Gasteiger partial charge in [0.2, 0.25) is 5.91 Å². The molecule has 1 N–H and O–H groups in total. The molecular weight excluding hydrogens is 465 g/mol. The fourth-order valence-electron chi connectivity index (χ4n) is 3.19. The van der Waals surface area contributed by atoms with Gasteiger partial charge < -0.3 is 10.1 Å². The second-order valence-electron chi connectivity index (χ2n) is 7.06. The topological polar surface area (TPSA) is 73.2 Å². The highest BCUT2D eigenvalue weighted by Gasteiger charge is 2.16. The molecule has 0 radical (unpaired) electrons. The van der Waals surface area contributed by atoms with Crippen LogP contribution in [0.15, 0.2) is 76.7 Å². The van der Waals surface area contributed by atoms with Crippen molar-refractivity contribution in [3.8, 4) is 11.4 Å². The summed E-state index contributed by atoms with van der Waals surface area (Å²) < 4.78 is 20.2. The van der Waals surface area contributed by atoms with E-state index in [0.717, 1.165) is 23.1 Å². The molecule has 0 aliphatic rings. The first-order valence-corrected chi connectivity index (χ1v) is 11.3. The van der Waals surface area contributed by atoms with E-state index in [1.54, 1.807) is 31.4 Å². The summed E-state index contributed by atoms with van der Waals surface area (Å²) in [5.74, 6) is -0.0336. The van der Waals surface area contributed by atoms with Gasteiger partial charge in [-0.05, 0) is 48.0 Å². The molecule has 0 fully saturated rings. The first-order chi connectivity index (χ1) is 16.0. The van der Waals surface area contributed by atoms with Crippen molar-refractivity contribution in [1.82, 2.24) is 14.9 Å². The normalized spacial score (nSPS) is 10.9. The molecule has 33 heavy (non-hydrogen) atoms. The number of para-hydroxylation sites is 1. The number of benzene rings is 3. The molecule has 0 unspecified atom stereocenters. The summed E-state index contributed by atoms with van der Waals surface area (Å²) in [6.45, 7) is 0.356. The molecule has 168 valence electrons. The van der Waals surface area contributed by atoms with E-state index in [-0.39, 0.29) is 22.2 Å². The highest BCUT2D eigenvalue weighted by molar-refractivity contribution is 7.99. The van der Waals surface area contributed by atoms with Crippen LogP contribution in [0.25, 0.3) is 16.6 Å². The summed E-state index contributed by atoms with van der Waals surface area (Å²) in [6.07, 6.45) is 0. The van der Waals surface area contributed by atoms with Gasteiger partial charge in [-0.25, -0.2) is 9.37 Å². The predicted octanol–water partition coefficient (Wildman–Crippen LogP) is 4.60. The van der Waals surface area contributed by atoms with Crippen LogP contribution in [0, 0.1) is 5.82 Å². The highest BCUT2D eigenvalue weighted by atomic mass is 35.5. The minimum atomic E-state index is -0.589. The summed E-state index contributed by atoms with van der Waals surface area (Å²) in [5.41, 5.74) is 1.47. The van der Waals surface area contributed by atoms with Gasteiger partial charge in [0.05, 0.1) is 34.5 Å². The Balaban J connectivity index is 1.57. The molecule has 0 saturated heterocycles. The lowest BCUT2D eigenvalue weighted by Gasteiger charge is -2.14. The molecule has 9 heteroatoms. The third kappa shape index (κ3) is 5.18. The number of thioether (sulfide) groups is 1. The number of fused-ring (bicyclic) bond motifs is 1. The fraction of sp³-hybridized carbons (Fsp3) is 0.125. The average Bonchev–Trinajstić information content (AvgIpc) is 2.83. The Kier molecular flexibility index (Phi) is 6.96. The maximum Gasteiger partial charge on any atom is 0.266 e. The van der Waals surface area contributed by atoms with Gasteiger partial charge in [0, 0.05) is 6.54 Å². The molecule has 0 saturated carbocycles. The molecule has 0 aliphatic carbocycles. The molecule has 1 heterocycles. The molecule has 6 nitrogen and oxygen atoms in total. The lowest BCUT2D eigenvalue weighted by atomic mass is 10.2. The van der Waals surface area contributed by atoms with E-state index < -0.39 is 5.82 Å². The molecule has 4 aromatic rings. The van der Waals surface area contributed by atoms with E-state index in [9.17, 15) is 14.0 Å². The lowest BCUT2D eigenvalue weighted by molar-refractivity contribution is -0.118. The Labute approximate surface area is 198 Å². The largest absolute Gasteiger partial charge is 0.497 e. The molecule has 1 amide bonds. The van der Waals surface area contributed by atoms with Gasteiger partial charge >= 0.3 is 0 Å². The zero-order chi connectivity index (χ0) is 23.4. The minimum absolute atomic E-state index is 0.0376. The molecular formula is C24H19ClFN3O3S. The Hall–Kier alpha value is -3.36. The second-order valence-corrected chi connectivity index (χ2v) is 8.41. The SMILES string of the molecule is COc1ccc(CNC(=O)CSc2nc3ccccc3c(=O)n2-c2ccc(F)c(Cl)c2)cc1. The zero-order valence-electron chi connectivity index (χ0n) is 17.5. The van der Waals surface area contributed by atoms with Gasteiger partial charge in [-0.15, -0.1) is 0 Å². The number of aromatic nitrogens is 2. The van der Waals surface area contributed by atoms with Crippen molar-refractivity contribution in [3.05, 3.63) is 93.5 Å². The number of ether oxygens (including phenoxy) is 1. The maximum atomic E-state index is 13.7. The van der Waals surface area contributed by atoms with Crippen LogP contribution in [0.1, 0.15) is 5.56 Å². The summed E-state index contributed by atoms with van der Waals surface area (Å²) in [6, 6.07) is 18.3. The summed E-state index contributed by atoms with van der Waals surface area (Å²) >= 11 is 7.06. The van der Waals surface area contributed by atoms with E-state index in [1.165, 1.54) is 22.8 Å². The van der Waals surface area contributed by atoms with Crippen LogP contribution < -0.4 is 15.6 Å². The summed E-state index contributed by atoms with van der Waals surface area (Å²) in [4.78, 5) is 30.3. The van der Waals surface area contributed by atoms with Gasteiger partial charge in [-0.3, -0.25) is 14.2 Å². The lowest BCUT2D eigenvalue weighted by Crippen LogP contribution is -2.26. The van der Waals surface area contributed by atoms with Crippen LogP contribution in [0.3, 0.4) is 0 Å². The van der Waals surface area contributed by atoms with Crippen molar-refractivity contribution in [2.75, 3.05) is 12.9 Å². The van der Waals surface area contributed by atoms with Crippen molar-refractivity contribution in [1.29, 1.82) is 0 Å². The van der Waals surface area contributed by atoms with Crippen LogP contribution in [-0.4, -0.2) is 28.3 Å². The Morgan fingerprint density at radius 3 is 2.64 bits per heavy atom. The van der Waals surface area contributed by atoms with Crippen molar-refractivity contribution in [2.45, 2.75) is 11.7 Å². The van der Waals surface area contributed by atoms with Crippen molar-refractivity contribution in [3.63, 3.8) is 0 Å². The molecule has 0 spiro atoms. The number of amides is 1. The van der Waals surface area contributed by atoms with Crippen LogP contribution in [0.2, 0.25) is 5.02 Å². The first-order valence-electron chi connectivity index (χ1n) is 9.96. The van der Waals surface area contributed by atoms with Gasteiger partial charge in [0.1, 0.15) is 11.6 Å². The van der Waals surface area contributed by atoms with Crippen molar-refractivity contribution in [2.24, 2.45) is 0 Å². The van der Waals surface area contributed by atoms with E-state index in [1.807, 2.05) is 24.3 Å². The number of carbonyl (C=O) groups is 1. The second kappa shape index (κ2) is 10.1. The minimum Gasteiger partial charge on any atom is -0.497 e. The van der Waals surface area contributed by atoms with Crippen molar-refractivity contribution < 1.29 is 13.9 Å². The summed E-state index contributed by atoms with van der Waals surface area (Å²) in [7, 11) is 1.59. The number of methoxy groups -OCH3 is 1. The van der Waals surface area contributed by atoms with E-state index in [4.69, 9.17) is 16.3 Å². The number of nitrogens with one attached hydrogen (secondary N) is 1. The van der Waals surface area contributed by atoms with Gasteiger partial charge in [0.15, 0.2) is 5.16 Å². The molecule has 3 aromatic carbocycles. The quantitative estimate of drug-likeness (QED) is 0.307. The average molecular weight is 484 g/mol. The van der Waals surface area contributed by atoms with Gasteiger partial charge in [0.25, 0.3) is 5.56 Å². The Bertz CT molecular complexity index is 1380. The van der Waals surface area contributed by atoms with E-state index in [2.05, 4.69) is 10.3 Å². The van der Waals surface area contributed by atoms with Gasteiger partial charge in [-0.2, -0.15) is 0 Å². The monoisotopic (exact) mass is 483 g/mol. The number of carbonyl (C=O) groups excluding carboxylic acids is 1. The zero-order valence-corrected chi connectivity index (χ0v) is 19.1. The molecule has 0 aliphatic heterocycles. The predicted molar refractivity (Wildman–Crippen MR) is 128 cm³/mol. The first kappa shape index (κ1) is 22.8. The van der Waals surface area contributed by atoms with Gasteiger partial charge in [-0.1, -0.05) is 47.6 Å². The van der Waals surface area contributed by atoms with Crippen LogP contribution in [0.4, 0.5) is 4.39 Å². The van der Waals surface area contributed by atoms with E-state index in [0.29, 0.717) is 28.3 Å². The molecule has 0 atom stereocenters. The maximum absolute atomic E-state index is 13.7. The Morgan fingerprint density at radius 2 is 1.91 bits per heavy atom. The van der Waals surface area contributed by atoms with Crippen LogP contribution >= 0.6 is 23.4 Å². The van der Waals surface area contributed by atoms with E-state index >= 15 is 0 Å². The third-order valence-electron chi connectivity index (χ3n) is 4.89. The number of hydrogen-bond acceptors (Lipinski definition) is 5. The standard InChI is InChI=1S/C24H19ClFN3O3S/c1-32-17-9-6-15(7-10-17)13-27-22(30)14-33-24-28-21-5-3-2-4-18(21)23(31)29(24)16-8-11-20(26)19(25)12-16/h2-12H,13-14H2,1H3,(H,27,30). The van der Waals surface area contributed by atoms with Crippen LogP contribution in [0.5, 0.6) is 5.75 Å². The smallest absolute Gasteiger partial charge is 0.266 e. The Morgan fingerprint density at radius 1 is 1.15 bits per heavy atom. The van der Waals surface area contributed by atoms with Crippen LogP contribution in [-0.2, 0) is 11.3 Å².